The number of carbonyl (C=O) groups is 1. The van der Waals surface area contributed by atoms with Gasteiger partial charge in [0.25, 0.3) is 5.69 Å². The first-order valence-electron chi connectivity index (χ1n) is 5.89. The molecule has 0 aromatic heterocycles. The van der Waals surface area contributed by atoms with Crippen molar-refractivity contribution in [1.29, 1.82) is 0 Å². The molecule has 0 spiro atoms. The maximum atomic E-state index is 11.7. The van der Waals surface area contributed by atoms with Crippen molar-refractivity contribution in [1.82, 2.24) is 5.32 Å². The minimum atomic E-state index is -0.502. The summed E-state index contributed by atoms with van der Waals surface area (Å²) in [6.45, 7) is 1.82. The predicted molar refractivity (Wildman–Crippen MR) is 67.6 cm³/mol. The Hall–Kier alpha value is -2.11. The molecule has 6 nitrogen and oxygen atoms in total. The van der Waals surface area contributed by atoms with E-state index < -0.39 is 4.92 Å². The number of rotatable bonds is 3. The molecule has 0 bridgehead atoms. The lowest BCUT2D eigenvalue weighted by atomic mass is 9.93. The summed E-state index contributed by atoms with van der Waals surface area (Å²) in [6.07, 6.45) is 3.07. The first-order chi connectivity index (χ1) is 8.56. The van der Waals surface area contributed by atoms with Gasteiger partial charge in [-0.3, -0.25) is 10.1 Å². The number of carbonyl (C=O) groups excluding carboxylic acids is 1. The van der Waals surface area contributed by atoms with E-state index in [0.717, 1.165) is 24.8 Å². The highest BCUT2D eigenvalue weighted by molar-refractivity contribution is 5.92. The van der Waals surface area contributed by atoms with Crippen LogP contribution < -0.4 is 10.6 Å². The van der Waals surface area contributed by atoms with E-state index in [2.05, 4.69) is 10.6 Å². The van der Waals surface area contributed by atoms with Crippen molar-refractivity contribution in [3.63, 3.8) is 0 Å². The maximum absolute atomic E-state index is 11.7. The minimum Gasteiger partial charge on any atom is -0.335 e. The van der Waals surface area contributed by atoms with Crippen LogP contribution >= 0.6 is 0 Å². The Labute approximate surface area is 105 Å². The van der Waals surface area contributed by atoms with E-state index in [9.17, 15) is 14.9 Å². The van der Waals surface area contributed by atoms with Crippen molar-refractivity contribution < 1.29 is 9.72 Å². The molecule has 96 valence electrons. The molecule has 18 heavy (non-hydrogen) atoms. The van der Waals surface area contributed by atoms with Crippen LogP contribution in [0.3, 0.4) is 0 Å². The number of nitro groups is 1. The van der Waals surface area contributed by atoms with Crippen LogP contribution in [0, 0.1) is 17.0 Å². The molecule has 0 aliphatic heterocycles. The van der Waals surface area contributed by atoms with Gasteiger partial charge in [0.15, 0.2) is 0 Å². The topological polar surface area (TPSA) is 84.3 Å². The van der Waals surface area contributed by atoms with Gasteiger partial charge >= 0.3 is 6.03 Å². The molecule has 0 unspecified atom stereocenters. The van der Waals surface area contributed by atoms with Crippen molar-refractivity contribution in [3.8, 4) is 0 Å². The first kappa shape index (κ1) is 12.3. The number of nitrogens with one attached hydrogen (secondary N) is 2. The number of nitro benzene ring substituents is 1. The van der Waals surface area contributed by atoms with Gasteiger partial charge in [0.1, 0.15) is 5.69 Å². The average molecular weight is 249 g/mol. The van der Waals surface area contributed by atoms with E-state index >= 15 is 0 Å². The lowest BCUT2D eigenvalue weighted by molar-refractivity contribution is -0.383. The lowest BCUT2D eigenvalue weighted by Crippen LogP contribution is -2.41. The second-order valence-electron chi connectivity index (χ2n) is 4.50. The quantitative estimate of drug-likeness (QED) is 0.637. The number of anilines is 1. The number of urea groups is 1. The highest BCUT2D eigenvalue weighted by atomic mass is 16.6. The third-order valence-corrected chi connectivity index (χ3v) is 3.04. The highest BCUT2D eigenvalue weighted by Gasteiger charge is 2.21. The van der Waals surface area contributed by atoms with Crippen molar-refractivity contribution >= 4 is 17.4 Å². The molecule has 6 heteroatoms. The molecular weight excluding hydrogens is 234 g/mol. The van der Waals surface area contributed by atoms with Crippen LogP contribution in [0.2, 0.25) is 0 Å². The van der Waals surface area contributed by atoms with E-state index in [1.54, 1.807) is 12.1 Å². The van der Waals surface area contributed by atoms with Crippen molar-refractivity contribution in [3.05, 3.63) is 33.9 Å². The Kier molecular flexibility index (Phi) is 3.45. The lowest BCUT2D eigenvalue weighted by Gasteiger charge is -2.26. The maximum Gasteiger partial charge on any atom is 0.319 e. The second kappa shape index (κ2) is 5.03. The van der Waals surface area contributed by atoms with Gasteiger partial charge in [-0.1, -0.05) is 6.07 Å². The molecular formula is C12H15N3O3. The molecule has 0 heterocycles. The molecule has 1 aromatic rings. The van der Waals surface area contributed by atoms with Crippen LogP contribution in [0.15, 0.2) is 18.2 Å². The van der Waals surface area contributed by atoms with Gasteiger partial charge in [0, 0.05) is 12.1 Å². The number of benzene rings is 1. The summed E-state index contributed by atoms with van der Waals surface area (Å²) in [5.41, 5.74) is 1.00. The fourth-order valence-corrected chi connectivity index (χ4v) is 1.81. The monoisotopic (exact) mass is 249 g/mol. The smallest absolute Gasteiger partial charge is 0.319 e. The van der Waals surface area contributed by atoms with Crippen LogP contribution in [-0.4, -0.2) is 17.0 Å². The van der Waals surface area contributed by atoms with Gasteiger partial charge in [-0.25, -0.2) is 4.79 Å². The standard InChI is InChI=1S/C12H15N3O3/c1-8-5-6-11(15(17)18)10(7-8)14-12(16)13-9-3-2-4-9/h5-7,9H,2-4H2,1H3,(H2,13,14,16). The van der Waals surface area contributed by atoms with E-state index in [1.807, 2.05) is 6.92 Å². The van der Waals surface area contributed by atoms with Crippen LogP contribution in [0.5, 0.6) is 0 Å². The summed E-state index contributed by atoms with van der Waals surface area (Å²) in [6, 6.07) is 4.46. The summed E-state index contributed by atoms with van der Waals surface area (Å²) >= 11 is 0. The fourth-order valence-electron chi connectivity index (χ4n) is 1.81. The van der Waals surface area contributed by atoms with Crippen molar-refractivity contribution in [2.24, 2.45) is 0 Å². The molecule has 2 N–H and O–H groups in total. The van der Waals surface area contributed by atoms with Crippen LogP contribution in [-0.2, 0) is 0 Å². The largest absolute Gasteiger partial charge is 0.335 e. The summed E-state index contributed by atoms with van der Waals surface area (Å²) < 4.78 is 0. The van der Waals surface area contributed by atoms with Gasteiger partial charge in [-0.05, 0) is 37.8 Å². The Balaban J connectivity index is 2.08. The second-order valence-corrected chi connectivity index (χ2v) is 4.50. The van der Waals surface area contributed by atoms with Gasteiger partial charge in [-0.2, -0.15) is 0 Å². The minimum absolute atomic E-state index is 0.0932. The number of aryl methyl sites for hydroxylation is 1. The molecule has 1 saturated carbocycles. The third-order valence-electron chi connectivity index (χ3n) is 3.04. The number of hydrogen-bond donors (Lipinski definition) is 2. The number of nitrogens with zero attached hydrogens (tertiary/aromatic N) is 1. The summed E-state index contributed by atoms with van der Waals surface area (Å²) in [5.74, 6) is 0. The van der Waals surface area contributed by atoms with Gasteiger partial charge in [-0.15, -0.1) is 0 Å². The SMILES string of the molecule is Cc1ccc([N+](=O)[O-])c(NC(=O)NC2CCC2)c1. The Morgan fingerprint density at radius 2 is 2.17 bits per heavy atom. The van der Waals surface area contributed by atoms with Crippen molar-refractivity contribution in [2.45, 2.75) is 32.2 Å². The van der Waals surface area contributed by atoms with Gasteiger partial charge in [0.05, 0.1) is 4.92 Å². The Bertz CT molecular complexity index is 483. The molecule has 1 aliphatic carbocycles. The molecule has 2 rings (SSSR count). The average Bonchev–Trinajstić information content (AvgIpc) is 2.23. The zero-order valence-corrected chi connectivity index (χ0v) is 10.1. The van der Waals surface area contributed by atoms with Gasteiger partial charge in [0.2, 0.25) is 0 Å². The molecule has 2 amide bonds. The molecule has 0 atom stereocenters. The zero-order chi connectivity index (χ0) is 13.1. The molecule has 1 aliphatic rings. The van der Waals surface area contributed by atoms with E-state index in [-0.39, 0.29) is 23.4 Å². The van der Waals surface area contributed by atoms with Crippen LogP contribution in [0.4, 0.5) is 16.2 Å². The summed E-state index contributed by atoms with van der Waals surface area (Å²) in [5, 5.41) is 16.2. The van der Waals surface area contributed by atoms with Crippen LogP contribution in [0.25, 0.3) is 0 Å². The molecule has 1 aromatic carbocycles. The molecule has 0 radical (unpaired) electrons. The van der Waals surface area contributed by atoms with Crippen LogP contribution in [0.1, 0.15) is 24.8 Å². The summed E-state index contributed by atoms with van der Waals surface area (Å²) in [7, 11) is 0. The van der Waals surface area contributed by atoms with Crippen molar-refractivity contribution in [2.75, 3.05) is 5.32 Å². The number of hydrogen-bond acceptors (Lipinski definition) is 3. The normalized spacial score (nSPS) is 14.7. The molecule has 0 saturated heterocycles. The first-order valence-corrected chi connectivity index (χ1v) is 5.89. The Morgan fingerprint density at radius 3 is 2.72 bits per heavy atom. The van der Waals surface area contributed by atoms with Gasteiger partial charge < -0.3 is 10.6 Å². The zero-order valence-electron chi connectivity index (χ0n) is 10.1. The van der Waals surface area contributed by atoms with E-state index in [4.69, 9.17) is 0 Å². The highest BCUT2D eigenvalue weighted by Crippen LogP contribution is 2.25. The number of amides is 2. The fraction of sp³-hybridized carbons (Fsp3) is 0.417. The summed E-state index contributed by atoms with van der Waals surface area (Å²) in [4.78, 5) is 22.0. The third kappa shape index (κ3) is 2.77. The molecule has 1 fully saturated rings. The van der Waals surface area contributed by atoms with E-state index in [1.165, 1.54) is 6.07 Å². The Morgan fingerprint density at radius 1 is 1.44 bits per heavy atom. The predicted octanol–water partition coefficient (Wildman–Crippen LogP) is 2.58. The van der Waals surface area contributed by atoms with E-state index in [0.29, 0.717) is 0 Å².